The van der Waals surface area contributed by atoms with Crippen molar-refractivity contribution >= 4 is 70.5 Å². The van der Waals surface area contributed by atoms with Crippen molar-refractivity contribution in [1.29, 1.82) is 0 Å². The first-order valence-electron chi connectivity index (χ1n) is 15.7. The Morgan fingerprint density at radius 3 is 2.38 bits per heavy atom. The second-order valence-electron chi connectivity index (χ2n) is 12.9. The molecule has 0 fully saturated rings. The summed E-state index contributed by atoms with van der Waals surface area (Å²) in [6.07, 6.45) is 7.02. The molecule has 3 aromatic heterocycles. The molecule has 10 rings (SSSR count). The fourth-order valence-electron chi connectivity index (χ4n) is 8.08. The summed E-state index contributed by atoms with van der Waals surface area (Å²) in [5, 5.41) is 7.30. The number of thiophene rings is 1. The maximum absolute atomic E-state index is 5.38. The first-order chi connectivity index (χ1) is 22.1. The highest BCUT2D eigenvalue weighted by molar-refractivity contribution is 7.21. The number of hydrogen-bond acceptors (Lipinski definition) is 3. The molecule has 4 heteroatoms. The third-order valence-corrected chi connectivity index (χ3v) is 11.4. The van der Waals surface area contributed by atoms with Crippen LogP contribution in [0.25, 0.3) is 76.3 Å². The van der Waals surface area contributed by atoms with Crippen LogP contribution >= 0.6 is 11.3 Å². The molecule has 0 radical (unpaired) electrons. The fraction of sp³-hybridized carbons (Fsp3) is 0.122. The van der Waals surface area contributed by atoms with Gasteiger partial charge in [0.2, 0.25) is 5.95 Å². The zero-order valence-electron chi connectivity index (χ0n) is 25.1. The number of benzene rings is 5. The van der Waals surface area contributed by atoms with Crippen molar-refractivity contribution in [2.24, 2.45) is 0 Å². The van der Waals surface area contributed by atoms with E-state index < -0.39 is 0 Å². The quantitative estimate of drug-likeness (QED) is 0.186. The van der Waals surface area contributed by atoms with E-state index in [4.69, 9.17) is 9.97 Å². The van der Waals surface area contributed by atoms with Gasteiger partial charge in [0.15, 0.2) is 0 Å². The molecule has 0 bridgehead atoms. The van der Waals surface area contributed by atoms with E-state index in [1.165, 1.54) is 42.3 Å². The third-order valence-electron chi connectivity index (χ3n) is 10.1. The van der Waals surface area contributed by atoms with Gasteiger partial charge in [0, 0.05) is 42.1 Å². The lowest BCUT2D eigenvalue weighted by Gasteiger charge is -2.26. The monoisotopic (exact) mass is 595 g/mol. The Morgan fingerprint density at radius 1 is 0.711 bits per heavy atom. The fourth-order valence-corrected chi connectivity index (χ4v) is 9.65. The second kappa shape index (κ2) is 8.99. The van der Waals surface area contributed by atoms with E-state index in [1.54, 1.807) is 5.57 Å². The van der Waals surface area contributed by atoms with Crippen LogP contribution in [0.3, 0.4) is 0 Å². The highest BCUT2D eigenvalue weighted by atomic mass is 32.1. The van der Waals surface area contributed by atoms with Crippen molar-refractivity contribution in [3.63, 3.8) is 0 Å². The summed E-state index contributed by atoms with van der Waals surface area (Å²) in [6, 6.07) is 36.9. The van der Waals surface area contributed by atoms with E-state index >= 15 is 0 Å². The Hall–Kier alpha value is -5.06. The SMILES string of the molecule is CC1(C)C2=C(C=CCC2)c2sc3c(ccc4c3c3ccccc3n4-c3nc(-c4ccccc4)c4ccc5ccccc5c4n3)c21. The smallest absolute Gasteiger partial charge is 0.235 e. The molecular formula is C41H29N3S. The van der Waals surface area contributed by atoms with Crippen LogP contribution in [0.15, 0.2) is 121 Å². The van der Waals surface area contributed by atoms with Gasteiger partial charge in [-0.2, -0.15) is 0 Å². The lowest BCUT2D eigenvalue weighted by Crippen LogP contribution is -2.17. The Kier molecular flexibility index (Phi) is 5.05. The number of rotatable bonds is 2. The minimum atomic E-state index is 0.0345. The van der Waals surface area contributed by atoms with Crippen molar-refractivity contribution < 1.29 is 0 Å². The molecule has 0 N–H and O–H groups in total. The van der Waals surface area contributed by atoms with Crippen molar-refractivity contribution in [3.05, 3.63) is 131 Å². The minimum Gasteiger partial charge on any atom is -0.278 e. The summed E-state index contributed by atoms with van der Waals surface area (Å²) < 4.78 is 3.65. The highest BCUT2D eigenvalue weighted by Crippen LogP contribution is 2.57. The Morgan fingerprint density at radius 2 is 1.49 bits per heavy atom. The lowest BCUT2D eigenvalue weighted by atomic mass is 9.78. The Bertz CT molecular complexity index is 2610. The zero-order valence-corrected chi connectivity index (χ0v) is 26.0. The number of nitrogens with zero attached hydrogens (tertiary/aromatic N) is 3. The largest absolute Gasteiger partial charge is 0.278 e. The summed E-state index contributed by atoms with van der Waals surface area (Å²) in [4.78, 5) is 12.2. The van der Waals surface area contributed by atoms with Crippen molar-refractivity contribution in [2.75, 3.05) is 0 Å². The first kappa shape index (κ1) is 25.3. The van der Waals surface area contributed by atoms with Crippen LogP contribution in [-0.4, -0.2) is 14.5 Å². The average Bonchev–Trinajstić information content (AvgIpc) is 3.71. The van der Waals surface area contributed by atoms with Gasteiger partial charge in [0.1, 0.15) is 0 Å². The molecular weight excluding hydrogens is 567 g/mol. The molecule has 0 spiro atoms. The predicted molar refractivity (Wildman–Crippen MR) is 191 cm³/mol. The highest BCUT2D eigenvalue weighted by Gasteiger charge is 2.40. The van der Waals surface area contributed by atoms with Gasteiger partial charge in [0.25, 0.3) is 0 Å². The van der Waals surface area contributed by atoms with Gasteiger partial charge in [-0.15, -0.1) is 11.3 Å². The summed E-state index contributed by atoms with van der Waals surface area (Å²) >= 11 is 1.97. The van der Waals surface area contributed by atoms with E-state index in [1.807, 2.05) is 11.3 Å². The minimum absolute atomic E-state index is 0.0345. The molecule has 0 saturated carbocycles. The molecule has 5 aromatic carbocycles. The molecule has 0 amide bonds. The second-order valence-corrected chi connectivity index (χ2v) is 13.9. The van der Waals surface area contributed by atoms with Crippen LogP contribution in [0, 0.1) is 0 Å². The number of allylic oxidation sites excluding steroid dienone is 4. The summed E-state index contributed by atoms with van der Waals surface area (Å²) in [7, 11) is 0. The van der Waals surface area contributed by atoms with Crippen molar-refractivity contribution in [2.45, 2.75) is 32.1 Å². The van der Waals surface area contributed by atoms with Gasteiger partial charge in [-0.1, -0.05) is 117 Å². The van der Waals surface area contributed by atoms with Crippen molar-refractivity contribution in [1.82, 2.24) is 14.5 Å². The van der Waals surface area contributed by atoms with Crippen LogP contribution in [0.2, 0.25) is 0 Å². The van der Waals surface area contributed by atoms with Crippen LogP contribution in [0.1, 0.15) is 37.1 Å². The maximum atomic E-state index is 5.38. The molecule has 3 heterocycles. The number of aromatic nitrogens is 3. The van der Waals surface area contributed by atoms with E-state index in [-0.39, 0.29) is 5.41 Å². The van der Waals surface area contributed by atoms with E-state index in [9.17, 15) is 0 Å². The topological polar surface area (TPSA) is 30.7 Å². The summed E-state index contributed by atoms with van der Waals surface area (Å²) in [5.74, 6) is 0.702. The average molecular weight is 596 g/mol. The number of para-hydroxylation sites is 1. The van der Waals surface area contributed by atoms with Crippen LogP contribution in [0.4, 0.5) is 0 Å². The molecule has 0 aliphatic heterocycles. The first-order valence-corrected chi connectivity index (χ1v) is 16.6. The molecule has 3 nitrogen and oxygen atoms in total. The van der Waals surface area contributed by atoms with Gasteiger partial charge in [-0.3, -0.25) is 4.57 Å². The van der Waals surface area contributed by atoms with Crippen LogP contribution in [-0.2, 0) is 5.41 Å². The van der Waals surface area contributed by atoms with Gasteiger partial charge in [0.05, 0.1) is 22.2 Å². The predicted octanol–water partition coefficient (Wildman–Crippen LogP) is 11.2. The van der Waals surface area contributed by atoms with Gasteiger partial charge in [-0.25, -0.2) is 9.97 Å². The maximum Gasteiger partial charge on any atom is 0.235 e. The molecule has 214 valence electrons. The molecule has 2 aliphatic rings. The molecule has 8 aromatic rings. The van der Waals surface area contributed by atoms with Crippen LogP contribution in [0.5, 0.6) is 0 Å². The summed E-state index contributed by atoms with van der Waals surface area (Å²) in [5.41, 5.74) is 9.88. The molecule has 0 saturated heterocycles. The Balaban J connectivity index is 1.33. The van der Waals surface area contributed by atoms with Gasteiger partial charge < -0.3 is 0 Å². The van der Waals surface area contributed by atoms with Crippen LogP contribution < -0.4 is 0 Å². The number of fused-ring (bicyclic) bond motifs is 11. The van der Waals surface area contributed by atoms with Crippen molar-refractivity contribution in [3.8, 4) is 17.2 Å². The standard InChI is InChI=1S/C41H29N3S/c1-41(2)31-18-10-8-16-27(31)39-35(41)29-22-23-33-34(38(29)45-39)28-17-9-11-19-32(28)44(33)40-42-36(25-13-4-3-5-14-25)30-21-20-24-12-6-7-15-26(24)37(30)43-40/h3-9,11-17,19-23H,10,18H2,1-2H3. The Labute approximate surface area is 264 Å². The summed E-state index contributed by atoms with van der Waals surface area (Å²) in [6.45, 7) is 4.84. The van der Waals surface area contributed by atoms with E-state index in [0.717, 1.165) is 51.4 Å². The number of hydrogen-bond donors (Lipinski definition) is 0. The van der Waals surface area contributed by atoms with E-state index in [2.05, 4.69) is 134 Å². The van der Waals surface area contributed by atoms with E-state index in [0.29, 0.717) is 5.95 Å². The molecule has 0 unspecified atom stereocenters. The molecule has 2 aliphatic carbocycles. The van der Waals surface area contributed by atoms with Gasteiger partial charge in [-0.05, 0) is 52.9 Å². The molecule has 0 atom stereocenters. The van der Waals surface area contributed by atoms with Gasteiger partial charge >= 0.3 is 0 Å². The molecule has 45 heavy (non-hydrogen) atoms. The normalized spacial score (nSPS) is 15.6. The zero-order chi connectivity index (χ0) is 29.9. The lowest BCUT2D eigenvalue weighted by molar-refractivity contribution is 0.613. The third kappa shape index (κ3) is 3.35.